The van der Waals surface area contributed by atoms with E-state index in [0.29, 0.717) is 18.4 Å². The van der Waals surface area contributed by atoms with Crippen LogP contribution in [0.3, 0.4) is 0 Å². The zero-order valence-electron chi connectivity index (χ0n) is 11.7. The van der Waals surface area contributed by atoms with Gasteiger partial charge < -0.3 is 4.74 Å². The van der Waals surface area contributed by atoms with Gasteiger partial charge in [-0.2, -0.15) is 0 Å². The summed E-state index contributed by atoms with van der Waals surface area (Å²) in [4.78, 5) is 14.2. The van der Waals surface area contributed by atoms with Crippen LogP contribution in [0.1, 0.15) is 53.4 Å². The van der Waals surface area contributed by atoms with Crippen molar-refractivity contribution in [3.8, 4) is 0 Å². The molecule has 3 nitrogen and oxygen atoms in total. The highest BCUT2D eigenvalue weighted by Crippen LogP contribution is 2.21. The smallest absolute Gasteiger partial charge is 0.307 e. The summed E-state index contributed by atoms with van der Waals surface area (Å²) in [7, 11) is 0. The molecule has 0 N–H and O–H groups in total. The Kier molecular flexibility index (Phi) is 5.96. The Morgan fingerprint density at radius 2 is 2.00 bits per heavy atom. The van der Waals surface area contributed by atoms with Crippen LogP contribution < -0.4 is 0 Å². The van der Waals surface area contributed by atoms with Crippen molar-refractivity contribution in [3.05, 3.63) is 0 Å². The Morgan fingerprint density at radius 1 is 1.29 bits per heavy atom. The first kappa shape index (κ1) is 14.5. The SMILES string of the molecule is CC(C)CN1CCCCC1CC(=O)OC(C)C. The number of hydrogen-bond donors (Lipinski definition) is 0. The lowest BCUT2D eigenvalue weighted by Crippen LogP contribution is -2.43. The highest BCUT2D eigenvalue weighted by atomic mass is 16.5. The van der Waals surface area contributed by atoms with E-state index in [1.165, 1.54) is 12.8 Å². The third-order valence-corrected chi connectivity index (χ3v) is 3.12. The highest BCUT2D eigenvalue weighted by molar-refractivity contribution is 5.70. The van der Waals surface area contributed by atoms with Crippen molar-refractivity contribution in [3.63, 3.8) is 0 Å². The van der Waals surface area contributed by atoms with Crippen LogP contribution in [0.2, 0.25) is 0 Å². The Balaban J connectivity index is 2.44. The molecule has 1 atom stereocenters. The van der Waals surface area contributed by atoms with Gasteiger partial charge in [-0.3, -0.25) is 9.69 Å². The van der Waals surface area contributed by atoms with E-state index in [0.717, 1.165) is 19.5 Å². The molecule has 0 aliphatic carbocycles. The molecule has 0 bridgehead atoms. The van der Waals surface area contributed by atoms with Crippen molar-refractivity contribution in [1.29, 1.82) is 0 Å². The molecular weight excluding hydrogens is 214 g/mol. The van der Waals surface area contributed by atoms with Crippen LogP contribution in [-0.2, 0) is 9.53 Å². The minimum atomic E-state index is -0.0411. The Morgan fingerprint density at radius 3 is 2.59 bits per heavy atom. The fourth-order valence-electron chi connectivity index (χ4n) is 2.50. The molecular formula is C14H27NO2. The fourth-order valence-corrected chi connectivity index (χ4v) is 2.50. The first-order valence-corrected chi connectivity index (χ1v) is 6.92. The number of carbonyl (C=O) groups excluding carboxylic acids is 1. The van der Waals surface area contributed by atoms with Gasteiger partial charge in [-0.05, 0) is 39.2 Å². The molecule has 1 rings (SSSR count). The molecule has 100 valence electrons. The molecule has 1 aliphatic rings. The van der Waals surface area contributed by atoms with Gasteiger partial charge in [-0.1, -0.05) is 20.3 Å². The van der Waals surface area contributed by atoms with Crippen LogP contribution in [0, 0.1) is 5.92 Å². The van der Waals surface area contributed by atoms with Crippen LogP contribution in [0.4, 0.5) is 0 Å². The van der Waals surface area contributed by atoms with Crippen molar-refractivity contribution in [2.24, 2.45) is 5.92 Å². The number of nitrogens with zero attached hydrogens (tertiary/aromatic N) is 1. The van der Waals surface area contributed by atoms with Crippen molar-refractivity contribution in [2.75, 3.05) is 13.1 Å². The molecule has 1 saturated heterocycles. The molecule has 0 saturated carbocycles. The number of likely N-dealkylation sites (tertiary alicyclic amines) is 1. The average Bonchev–Trinajstić information content (AvgIpc) is 2.18. The lowest BCUT2D eigenvalue weighted by atomic mass is 9.98. The van der Waals surface area contributed by atoms with E-state index in [1.54, 1.807) is 0 Å². The molecule has 0 aromatic heterocycles. The number of ether oxygens (including phenoxy) is 1. The second-order valence-electron chi connectivity index (χ2n) is 5.78. The third-order valence-electron chi connectivity index (χ3n) is 3.12. The van der Waals surface area contributed by atoms with E-state index in [4.69, 9.17) is 4.74 Å². The molecule has 0 radical (unpaired) electrons. The van der Waals surface area contributed by atoms with Crippen molar-refractivity contribution in [2.45, 2.75) is 65.5 Å². The van der Waals surface area contributed by atoms with Gasteiger partial charge in [-0.25, -0.2) is 0 Å². The number of carbonyl (C=O) groups is 1. The summed E-state index contributed by atoms with van der Waals surface area (Å²) in [6, 6.07) is 0.400. The van der Waals surface area contributed by atoms with Gasteiger partial charge in [-0.15, -0.1) is 0 Å². The molecule has 0 amide bonds. The predicted octanol–water partition coefficient (Wildman–Crippen LogP) is 2.84. The quantitative estimate of drug-likeness (QED) is 0.693. The van der Waals surface area contributed by atoms with Gasteiger partial charge in [0.1, 0.15) is 0 Å². The van der Waals surface area contributed by atoms with E-state index in [9.17, 15) is 4.79 Å². The number of hydrogen-bond acceptors (Lipinski definition) is 3. The fraction of sp³-hybridized carbons (Fsp3) is 0.929. The van der Waals surface area contributed by atoms with E-state index in [1.807, 2.05) is 13.8 Å². The average molecular weight is 241 g/mol. The minimum absolute atomic E-state index is 0.00430. The largest absolute Gasteiger partial charge is 0.463 e. The Hall–Kier alpha value is -0.570. The van der Waals surface area contributed by atoms with Gasteiger partial charge in [0.25, 0.3) is 0 Å². The Bertz CT molecular complexity index is 238. The summed E-state index contributed by atoms with van der Waals surface area (Å²) in [5.41, 5.74) is 0. The summed E-state index contributed by atoms with van der Waals surface area (Å²) < 4.78 is 5.24. The molecule has 1 fully saturated rings. The molecule has 0 aromatic rings. The highest BCUT2D eigenvalue weighted by Gasteiger charge is 2.25. The van der Waals surface area contributed by atoms with E-state index in [2.05, 4.69) is 18.7 Å². The molecule has 1 aliphatic heterocycles. The normalized spacial score (nSPS) is 22.1. The van der Waals surface area contributed by atoms with Crippen LogP contribution in [0.25, 0.3) is 0 Å². The summed E-state index contributed by atoms with van der Waals surface area (Å²) in [6.07, 6.45) is 4.21. The van der Waals surface area contributed by atoms with Crippen LogP contribution in [-0.4, -0.2) is 36.1 Å². The lowest BCUT2D eigenvalue weighted by Gasteiger charge is -2.36. The lowest BCUT2D eigenvalue weighted by molar-refractivity contribution is -0.149. The molecule has 3 heteroatoms. The van der Waals surface area contributed by atoms with E-state index < -0.39 is 0 Å². The first-order chi connectivity index (χ1) is 7.99. The van der Waals surface area contributed by atoms with Crippen LogP contribution in [0.15, 0.2) is 0 Å². The maximum Gasteiger partial charge on any atom is 0.307 e. The maximum absolute atomic E-state index is 11.7. The van der Waals surface area contributed by atoms with E-state index in [-0.39, 0.29) is 12.1 Å². The van der Waals surface area contributed by atoms with Gasteiger partial charge in [0.05, 0.1) is 12.5 Å². The second-order valence-corrected chi connectivity index (χ2v) is 5.78. The third kappa shape index (κ3) is 5.53. The van der Waals surface area contributed by atoms with Crippen molar-refractivity contribution >= 4 is 5.97 Å². The summed E-state index contributed by atoms with van der Waals surface area (Å²) in [5, 5.41) is 0. The zero-order valence-corrected chi connectivity index (χ0v) is 11.7. The monoisotopic (exact) mass is 241 g/mol. The topological polar surface area (TPSA) is 29.5 Å². The summed E-state index contributed by atoms with van der Waals surface area (Å²) >= 11 is 0. The first-order valence-electron chi connectivity index (χ1n) is 6.92. The van der Waals surface area contributed by atoms with E-state index >= 15 is 0 Å². The van der Waals surface area contributed by atoms with Crippen LogP contribution >= 0.6 is 0 Å². The van der Waals surface area contributed by atoms with Gasteiger partial charge in [0.15, 0.2) is 0 Å². The predicted molar refractivity (Wildman–Crippen MR) is 69.9 cm³/mol. The number of rotatable bonds is 5. The van der Waals surface area contributed by atoms with Gasteiger partial charge in [0.2, 0.25) is 0 Å². The molecule has 17 heavy (non-hydrogen) atoms. The van der Waals surface area contributed by atoms with Crippen molar-refractivity contribution in [1.82, 2.24) is 4.90 Å². The number of esters is 1. The van der Waals surface area contributed by atoms with Gasteiger partial charge in [0, 0.05) is 12.6 Å². The number of piperidine rings is 1. The maximum atomic E-state index is 11.7. The second kappa shape index (κ2) is 7.00. The molecule has 0 aromatic carbocycles. The minimum Gasteiger partial charge on any atom is -0.463 e. The molecule has 0 spiro atoms. The molecule has 1 unspecified atom stereocenters. The Labute approximate surface area is 106 Å². The van der Waals surface area contributed by atoms with Gasteiger partial charge >= 0.3 is 5.97 Å². The standard InChI is InChI=1S/C14H27NO2/c1-11(2)10-15-8-6-5-7-13(15)9-14(16)17-12(3)4/h11-13H,5-10H2,1-4H3. The molecule has 1 heterocycles. The van der Waals surface area contributed by atoms with Crippen molar-refractivity contribution < 1.29 is 9.53 Å². The summed E-state index contributed by atoms with van der Waals surface area (Å²) in [5.74, 6) is 0.623. The zero-order chi connectivity index (χ0) is 12.8. The summed E-state index contributed by atoms with van der Waals surface area (Å²) in [6.45, 7) is 10.5. The van der Waals surface area contributed by atoms with Crippen LogP contribution in [0.5, 0.6) is 0 Å².